The molecule has 2 N–H and O–H groups in total. The monoisotopic (exact) mass is 238 g/mol. The van der Waals surface area contributed by atoms with E-state index in [1.807, 2.05) is 19.9 Å². The van der Waals surface area contributed by atoms with Crippen LogP contribution in [0.4, 0.5) is 0 Å². The molecule has 1 heterocycles. The van der Waals surface area contributed by atoms with Crippen LogP contribution in [0.15, 0.2) is 10.9 Å². The summed E-state index contributed by atoms with van der Waals surface area (Å²) < 4.78 is 1.74. The first kappa shape index (κ1) is 12.9. The van der Waals surface area contributed by atoms with Crippen molar-refractivity contribution < 1.29 is 0 Å². The van der Waals surface area contributed by atoms with Gasteiger partial charge in [0.2, 0.25) is 0 Å². The predicted octanol–water partition coefficient (Wildman–Crippen LogP) is 1.76. The van der Waals surface area contributed by atoms with Gasteiger partial charge in [-0.2, -0.15) is 0 Å². The number of nitrogens with zero attached hydrogens (tertiary/aromatic N) is 1. The number of aryl methyl sites for hydroxylation is 2. The van der Waals surface area contributed by atoms with Gasteiger partial charge in [0, 0.05) is 12.2 Å². The van der Waals surface area contributed by atoms with Gasteiger partial charge in [0.15, 0.2) is 0 Å². The van der Waals surface area contributed by atoms with Gasteiger partial charge in [0.05, 0.1) is 5.56 Å². The maximum Gasteiger partial charge on any atom is 0.261 e. The highest BCUT2D eigenvalue weighted by Gasteiger charge is 2.12. The van der Waals surface area contributed by atoms with Gasteiger partial charge < -0.3 is 10.3 Å². The first-order valence-electron chi connectivity index (χ1n) is 5.35. The molecule has 16 heavy (non-hydrogen) atoms. The molecule has 1 aromatic heterocycles. The minimum atomic E-state index is -0.0706. The number of nitrogens with two attached hydrogens (primary N) is 1. The fourth-order valence-electron chi connectivity index (χ4n) is 1.82. The molecule has 0 aliphatic rings. The topological polar surface area (TPSA) is 48.0 Å². The van der Waals surface area contributed by atoms with Crippen LogP contribution in [0.25, 0.3) is 0 Å². The molecule has 0 aliphatic carbocycles. The van der Waals surface area contributed by atoms with Crippen LogP contribution in [0.1, 0.15) is 30.7 Å². The Morgan fingerprint density at radius 3 is 2.50 bits per heavy atom. The lowest BCUT2D eigenvalue weighted by Crippen LogP contribution is -2.32. The molecular formula is C12H18N2OS. The molecule has 0 saturated heterocycles. The predicted molar refractivity (Wildman–Crippen MR) is 70.9 cm³/mol. The number of hydrogen-bond acceptors (Lipinski definition) is 2. The molecule has 88 valence electrons. The first-order valence-corrected chi connectivity index (χ1v) is 5.76. The van der Waals surface area contributed by atoms with Crippen LogP contribution in [0.5, 0.6) is 0 Å². The number of pyridine rings is 1. The molecule has 0 amide bonds. The molecule has 0 aliphatic heterocycles. The van der Waals surface area contributed by atoms with Crippen LogP contribution in [-0.2, 0) is 6.54 Å². The maximum absolute atomic E-state index is 12.2. The molecule has 0 aromatic carbocycles. The lowest BCUT2D eigenvalue weighted by Gasteiger charge is -2.15. The van der Waals surface area contributed by atoms with Crippen molar-refractivity contribution >= 4 is 17.2 Å². The Labute approximate surface area is 101 Å². The molecule has 0 unspecified atom stereocenters. The van der Waals surface area contributed by atoms with E-state index < -0.39 is 0 Å². The molecule has 0 atom stereocenters. The number of rotatable bonds is 3. The SMILES string of the molecule is Cc1cc(C)n(CC(C)C)c(=O)c1C(N)=S. The summed E-state index contributed by atoms with van der Waals surface area (Å²) in [6.07, 6.45) is 0. The van der Waals surface area contributed by atoms with Crippen LogP contribution in [0.3, 0.4) is 0 Å². The summed E-state index contributed by atoms with van der Waals surface area (Å²) in [6.45, 7) is 8.64. The standard InChI is InChI=1S/C12H18N2OS/c1-7(2)6-14-9(4)5-8(3)10(11(13)16)12(14)15/h5,7H,6H2,1-4H3,(H2,13,16). The zero-order valence-electron chi connectivity index (χ0n) is 10.2. The van der Waals surface area contributed by atoms with Gasteiger partial charge in [-0.3, -0.25) is 4.79 Å². The van der Waals surface area contributed by atoms with Gasteiger partial charge in [-0.05, 0) is 31.4 Å². The summed E-state index contributed by atoms with van der Waals surface area (Å²) in [5.74, 6) is 0.415. The lowest BCUT2D eigenvalue weighted by molar-refractivity contribution is 0.501. The van der Waals surface area contributed by atoms with Crippen LogP contribution in [0, 0.1) is 19.8 Å². The summed E-state index contributed by atoms with van der Waals surface area (Å²) in [6, 6.07) is 1.96. The van der Waals surface area contributed by atoms with Crippen molar-refractivity contribution in [1.82, 2.24) is 4.57 Å². The molecule has 0 spiro atoms. The first-order chi connectivity index (χ1) is 7.34. The van der Waals surface area contributed by atoms with Crippen LogP contribution in [0.2, 0.25) is 0 Å². The van der Waals surface area contributed by atoms with Crippen LogP contribution >= 0.6 is 12.2 Å². The smallest absolute Gasteiger partial charge is 0.261 e. The van der Waals surface area contributed by atoms with E-state index in [2.05, 4.69) is 13.8 Å². The van der Waals surface area contributed by atoms with Gasteiger partial charge in [0.1, 0.15) is 4.99 Å². The molecule has 0 fully saturated rings. The van der Waals surface area contributed by atoms with E-state index in [9.17, 15) is 4.79 Å². The van der Waals surface area contributed by atoms with Gasteiger partial charge in [-0.1, -0.05) is 26.1 Å². The van der Waals surface area contributed by atoms with Crippen molar-refractivity contribution in [3.8, 4) is 0 Å². The zero-order chi connectivity index (χ0) is 12.5. The Hall–Kier alpha value is -1.16. The summed E-state index contributed by atoms with van der Waals surface area (Å²) in [5.41, 5.74) is 7.80. The highest BCUT2D eigenvalue weighted by molar-refractivity contribution is 7.80. The third-order valence-corrected chi connectivity index (χ3v) is 2.70. The molecule has 1 aromatic rings. The second-order valence-electron chi connectivity index (χ2n) is 4.52. The Bertz CT molecular complexity index is 475. The summed E-state index contributed by atoms with van der Waals surface area (Å²) >= 11 is 4.92. The molecule has 1 rings (SSSR count). The van der Waals surface area contributed by atoms with Gasteiger partial charge in [-0.15, -0.1) is 0 Å². The average molecular weight is 238 g/mol. The highest BCUT2D eigenvalue weighted by Crippen LogP contribution is 2.08. The minimum absolute atomic E-state index is 0.0706. The number of aromatic nitrogens is 1. The van der Waals surface area contributed by atoms with Crippen molar-refractivity contribution in [1.29, 1.82) is 0 Å². The summed E-state index contributed by atoms with van der Waals surface area (Å²) in [5, 5.41) is 0. The van der Waals surface area contributed by atoms with Crippen molar-refractivity contribution in [3.05, 3.63) is 33.2 Å². The molecule has 0 saturated carbocycles. The van der Waals surface area contributed by atoms with E-state index in [4.69, 9.17) is 18.0 Å². The van der Waals surface area contributed by atoms with E-state index in [1.165, 1.54) is 0 Å². The van der Waals surface area contributed by atoms with Crippen molar-refractivity contribution in [2.45, 2.75) is 34.2 Å². The molecular weight excluding hydrogens is 220 g/mol. The normalized spacial score (nSPS) is 10.8. The Morgan fingerprint density at radius 1 is 1.50 bits per heavy atom. The Morgan fingerprint density at radius 2 is 2.06 bits per heavy atom. The van der Waals surface area contributed by atoms with Crippen LogP contribution in [-0.4, -0.2) is 9.56 Å². The fourth-order valence-corrected chi connectivity index (χ4v) is 2.07. The van der Waals surface area contributed by atoms with Gasteiger partial charge in [-0.25, -0.2) is 0 Å². The van der Waals surface area contributed by atoms with Gasteiger partial charge in [0.25, 0.3) is 5.56 Å². The molecule has 4 heteroatoms. The Balaban J connectivity index is 3.45. The highest BCUT2D eigenvalue weighted by atomic mass is 32.1. The zero-order valence-corrected chi connectivity index (χ0v) is 11.0. The molecule has 0 bridgehead atoms. The van der Waals surface area contributed by atoms with Crippen molar-refractivity contribution in [2.75, 3.05) is 0 Å². The van der Waals surface area contributed by atoms with Crippen molar-refractivity contribution in [3.63, 3.8) is 0 Å². The number of hydrogen-bond donors (Lipinski definition) is 1. The average Bonchev–Trinajstić information content (AvgIpc) is 2.10. The van der Waals surface area contributed by atoms with Gasteiger partial charge >= 0.3 is 0 Å². The fraction of sp³-hybridized carbons (Fsp3) is 0.500. The van der Waals surface area contributed by atoms with Crippen LogP contribution < -0.4 is 11.3 Å². The van der Waals surface area contributed by atoms with Crippen molar-refractivity contribution in [2.24, 2.45) is 11.7 Å². The lowest BCUT2D eigenvalue weighted by atomic mass is 10.1. The van der Waals surface area contributed by atoms with E-state index in [0.717, 1.165) is 11.3 Å². The second kappa shape index (κ2) is 4.78. The third-order valence-electron chi connectivity index (χ3n) is 2.50. The maximum atomic E-state index is 12.2. The van der Waals surface area contributed by atoms with E-state index in [1.54, 1.807) is 4.57 Å². The second-order valence-corrected chi connectivity index (χ2v) is 4.96. The minimum Gasteiger partial charge on any atom is -0.389 e. The van der Waals surface area contributed by atoms with E-state index in [0.29, 0.717) is 18.0 Å². The quantitative estimate of drug-likeness (QED) is 0.816. The number of thiocarbonyl (C=S) groups is 1. The third kappa shape index (κ3) is 2.50. The summed E-state index contributed by atoms with van der Waals surface area (Å²) in [7, 11) is 0. The summed E-state index contributed by atoms with van der Waals surface area (Å²) in [4.78, 5) is 12.4. The largest absolute Gasteiger partial charge is 0.389 e. The molecule has 0 radical (unpaired) electrons. The molecule has 3 nitrogen and oxygen atoms in total. The van der Waals surface area contributed by atoms with E-state index in [-0.39, 0.29) is 10.5 Å². The van der Waals surface area contributed by atoms with E-state index >= 15 is 0 Å². The Kier molecular flexibility index (Phi) is 3.86.